The molecule has 7 rings (SSSR count). The Morgan fingerprint density at radius 1 is 0.629 bits per heavy atom. The van der Waals surface area contributed by atoms with Gasteiger partial charge in [0.05, 0.1) is 0 Å². The van der Waals surface area contributed by atoms with E-state index in [-0.39, 0.29) is 6.10 Å². The van der Waals surface area contributed by atoms with Gasteiger partial charge in [-0.1, -0.05) is 97.1 Å². The van der Waals surface area contributed by atoms with Gasteiger partial charge in [0.15, 0.2) is 17.5 Å². The van der Waals surface area contributed by atoms with Crippen molar-refractivity contribution < 1.29 is 4.74 Å². The lowest BCUT2D eigenvalue weighted by molar-refractivity contribution is 0.260. The summed E-state index contributed by atoms with van der Waals surface area (Å²) >= 11 is 0. The number of nitrogens with zero attached hydrogens (tertiary/aromatic N) is 3. The van der Waals surface area contributed by atoms with Gasteiger partial charge < -0.3 is 4.74 Å². The van der Waals surface area contributed by atoms with Gasteiger partial charge >= 0.3 is 0 Å². The Bertz CT molecular complexity index is 1580. The number of benzene rings is 4. The maximum atomic E-state index is 6.41. The lowest BCUT2D eigenvalue weighted by Gasteiger charge is -2.30. The number of ether oxygens (including phenoxy) is 1. The summed E-state index contributed by atoms with van der Waals surface area (Å²) in [5.41, 5.74) is 5.34. The maximum absolute atomic E-state index is 6.41. The van der Waals surface area contributed by atoms with Crippen molar-refractivity contribution in [2.24, 2.45) is 0 Å². The molecule has 0 amide bonds. The molecule has 2 heterocycles. The van der Waals surface area contributed by atoms with Crippen molar-refractivity contribution in [3.05, 3.63) is 115 Å². The third-order valence-electron chi connectivity index (χ3n) is 6.63. The first-order chi connectivity index (χ1) is 17.3. The number of hydrogen-bond acceptors (Lipinski definition) is 4. The van der Waals surface area contributed by atoms with Crippen molar-refractivity contribution in [1.82, 2.24) is 15.0 Å². The van der Waals surface area contributed by atoms with Crippen LogP contribution in [0.5, 0.6) is 5.75 Å². The summed E-state index contributed by atoms with van der Waals surface area (Å²) < 4.78 is 6.41. The van der Waals surface area contributed by atoms with Gasteiger partial charge in [-0.3, -0.25) is 0 Å². The SMILES string of the molecule is C1=CCC2Oc3ccc(-c4nc(-c5ccccc5)nc(-c5ccccc5)n4)c4cccc(c34)C2=C1. The fraction of sp³-hybridized carbons (Fsp3) is 0.0645. The highest BCUT2D eigenvalue weighted by Crippen LogP contribution is 2.44. The molecule has 0 spiro atoms. The van der Waals surface area contributed by atoms with Crippen molar-refractivity contribution >= 4 is 16.3 Å². The summed E-state index contributed by atoms with van der Waals surface area (Å²) in [6.07, 6.45) is 7.40. The molecule has 0 fully saturated rings. The highest BCUT2D eigenvalue weighted by molar-refractivity contribution is 6.06. The lowest BCUT2D eigenvalue weighted by Crippen LogP contribution is -2.23. The van der Waals surface area contributed by atoms with E-state index in [2.05, 4.69) is 48.6 Å². The van der Waals surface area contributed by atoms with Gasteiger partial charge in [-0.2, -0.15) is 0 Å². The number of fused-ring (bicyclic) bond motifs is 2. The number of rotatable bonds is 3. The minimum absolute atomic E-state index is 0.0653. The Labute approximate surface area is 203 Å². The monoisotopic (exact) mass is 451 g/mol. The second-order valence-electron chi connectivity index (χ2n) is 8.77. The van der Waals surface area contributed by atoms with E-state index >= 15 is 0 Å². The Balaban J connectivity index is 1.48. The Kier molecular flexibility index (Phi) is 4.56. The van der Waals surface area contributed by atoms with Crippen molar-refractivity contribution in [2.45, 2.75) is 12.5 Å². The van der Waals surface area contributed by atoms with Crippen molar-refractivity contribution in [3.8, 4) is 39.9 Å². The van der Waals surface area contributed by atoms with Gasteiger partial charge in [-0.25, -0.2) is 15.0 Å². The Morgan fingerprint density at radius 2 is 1.31 bits per heavy atom. The molecular formula is C31H21N3O. The fourth-order valence-corrected chi connectivity index (χ4v) is 4.97. The molecule has 166 valence electrons. The molecular weight excluding hydrogens is 430 g/mol. The van der Waals surface area contributed by atoms with Crippen LogP contribution >= 0.6 is 0 Å². The summed E-state index contributed by atoms with van der Waals surface area (Å²) in [4.78, 5) is 14.7. The summed E-state index contributed by atoms with van der Waals surface area (Å²) in [6.45, 7) is 0. The number of allylic oxidation sites excluding steroid dienone is 2. The summed E-state index contributed by atoms with van der Waals surface area (Å²) in [7, 11) is 0. The van der Waals surface area contributed by atoms with Crippen LogP contribution in [0.4, 0.5) is 0 Å². The maximum Gasteiger partial charge on any atom is 0.164 e. The zero-order valence-corrected chi connectivity index (χ0v) is 18.9. The molecule has 0 N–H and O–H groups in total. The zero-order chi connectivity index (χ0) is 23.2. The van der Waals surface area contributed by atoms with Crippen LogP contribution in [0.15, 0.2) is 109 Å². The Morgan fingerprint density at radius 3 is 2.03 bits per heavy atom. The molecule has 5 aromatic rings. The van der Waals surface area contributed by atoms with Crippen molar-refractivity contribution in [1.29, 1.82) is 0 Å². The van der Waals surface area contributed by atoms with Gasteiger partial charge in [0.1, 0.15) is 11.9 Å². The van der Waals surface area contributed by atoms with Crippen LogP contribution in [0.3, 0.4) is 0 Å². The van der Waals surface area contributed by atoms with Gasteiger partial charge in [-0.05, 0) is 23.1 Å². The minimum Gasteiger partial charge on any atom is -0.485 e. The Hall–Kier alpha value is -4.57. The molecule has 1 aliphatic heterocycles. The molecule has 1 aromatic heterocycles. The quantitative estimate of drug-likeness (QED) is 0.293. The molecule has 2 aliphatic rings. The molecule has 4 nitrogen and oxygen atoms in total. The molecule has 1 aliphatic carbocycles. The molecule has 4 heteroatoms. The zero-order valence-electron chi connectivity index (χ0n) is 18.9. The van der Waals surface area contributed by atoms with E-state index in [0.717, 1.165) is 39.6 Å². The van der Waals surface area contributed by atoms with Crippen LogP contribution in [-0.2, 0) is 0 Å². The first-order valence-electron chi connectivity index (χ1n) is 11.8. The first kappa shape index (κ1) is 19.9. The highest BCUT2D eigenvalue weighted by atomic mass is 16.5. The van der Waals surface area contributed by atoms with Gasteiger partial charge in [0.2, 0.25) is 0 Å². The van der Waals surface area contributed by atoms with E-state index in [1.807, 2.05) is 60.7 Å². The molecule has 0 saturated heterocycles. The second-order valence-corrected chi connectivity index (χ2v) is 8.77. The molecule has 35 heavy (non-hydrogen) atoms. The van der Waals surface area contributed by atoms with Crippen LogP contribution in [0.25, 0.3) is 50.5 Å². The average molecular weight is 452 g/mol. The van der Waals surface area contributed by atoms with Crippen LogP contribution in [-0.4, -0.2) is 21.1 Å². The van der Waals surface area contributed by atoms with Gasteiger partial charge in [-0.15, -0.1) is 0 Å². The van der Waals surface area contributed by atoms with E-state index in [9.17, 15) is 0 Å². The third kappa shape index (κ3) is 3.34. The lowest BCUT2D eigenvalue weighted by atomic mass is 9.87. The van der Waals surface area contributed by atoms with Crippen molar-refractivity contribution in [2.75, 3.05) is 0 Å². The number of hydrogen-bond donors (Lipinski definition) is 0. The van der Waals surface area contributed by atoms with E-state index in [4.69, 9.17) is 19.7 Å². The molecule has 0 saturated carbocycles. The van der Waals surface area contributed by atoms with E-state index < -0.39 is 0 Å². The van der Waals surface area contributed by atoms with E-state index in [0.29, 0.717) is 17.5 Å². The molecule has 1 unspecified atom stereocenters. The summed E-state index contributed by atoms with van der Waals surface area (Å²) in [5.74, 6) is 2.89. The first-order valence-corrected chi connectivity index (χ1v) is 11.8. The normalized spacial score (nSPS) is 15.9. The van der Waals surface area contributed by atoms with Crippen LogP contribution in [0, 0.1) is 0 Å². The summed E-state index contributed by atoms with van der Waals surface area (Å²) in [6, 6.07) is 30.7. The van der Waals surface area contributed by atoms with E-state index in [1.165, 1.54) is 11.1 Å². The molecule has 1 atom stereocenters. The van der Waals surface area contributed by atoms with Gasteiger partial charge in [0, 0.05) is 34.1 Å². The highest BCUT2D eigenvalue weighted by Gasteiger charge is 2.28. The third-order valence-corrected chi connectivity index (χ3v) is 6.63. The topological polar surface area (TPSA) is 47.9 Å². The van der Waals surface area contributed by atoms with Crippen LogP contribution in [0.2, 0.25) is 0 Å². The standard InChI is InChI=1S/C31H21N3O/c1-3-10-20(11-4-1)29-32-30(21-12-5-2-6-13-21)34-31(33-29)25-18-19-27-28-23(15-9-16-24(25)28)22-14-7-8-17-26(22)35-27/h1-16,18-19,26H,17H2. The second kappa shape index (κ2) is 8.03. The van der Waals surface area contributed by atoms with Crippen LogP contribution in [0.1, 0.15) is 12.0 Å². The minimum atomic E-state index is 0.0653. The predicted octanol–water partition coefficient (Wildman–Crippen LogP) is 7.13. The van der Waals surface area contributed by atoms with Gasteiger partial charge in [0.25, 0.3) is 0 Å². The predicted molar refractivity (Wildman–Crippen MR) is 140 cm³/mol. The molecule has 4 aromatic carbocycles. The average Bonchev–Trinajstić information content (AvgIpc) is 2.94. The fourth-order valence-electron chi connectivity index (χ4n) is 4.97. The van der Waals surface area contributed by atoms with Crippen LogP contribution < -0.4 is 4.74 Å². The van der Waals surface area contributed by atoms with E-state index in [1.54, 1.807) is 0 Å². The van der Waals surface area contributed by atoms with Crippen molar-refractivity contribution in [3.63, 3.8) is 0 Å². The largest absolute Gasteiger partial charge is 0.485 e. The summed E-state index contributed by atoms with van der Waals surface area (Å²) in [5, 5.41) is 2.20. The molecule has 0 radical (unpaired) electrons. The number of aromatic nitrogens is 3. The molecule has 0 bridgehead atoms. The smallest absolute Gasteiger partial charge is 0.164 e.